The lowest BCUT2D eigenvalue weighted by Gasteiger charge is -2.22. The molecule has 0 aliphatic heterocycles. The normalized spacial score (nSPS) is 10.2. The first-order valence-electron chi connectivity index (χ1n) is 9.50. The molecule has 3 aromatic carbocycles. The maximum Gasteiger partial charge on any atom is 0.434 e. The fraction of sp³-hybridized carbons (Fsp3) is 0.0909. The highest BCUT2D eigenvalue weighted by molar-refractivity contribution is 14.1. The van der Waals surface area contributed by atoms with Crippen LogP contribution in [0.25, 0.3) is 0 Å². The lowest BCUT2D eigenvalue weighted by molar-refractivity contribution is -0.384. The molecule has 170 valence electrons. The second kappa shape index (κ2) is 11.1. The Morgan fingerprint density at radius 2 is 1.73 bits per heavy atom. The number of nitrogens with zero attached hydrogens (tertiary/aromatic N) is 2. The summed E-state index contributed by atoms with van der Waals surface area (Å²) in [5.74, 6) is 0.130. The van der Waals surface area contributed by atoms with Crippen LogP contribution in [0.2, 0.25) is 0 Å². The predicted molar refractivity (Wildman–Crippen MR) is 125 cm³/mol. The Morgan fingerprint density at radius 1 is 1.03 bits per heavy atom. The number of nitrogens with one attached hydrogen (secondary N) is 1. The second-order valence-corrected chi connectivity index (χ2v) is 7.83. The summed E-state index contributed by atoms with van der Waals surface area (Å²) in [6.45, 7) is -0.0996. The third kappa shape index (κ3) is 7.07. The number of hydrogen-bond donors (Lipinski definition) is 2. The minimum atomic E-state index is -0.941. The van der Waals surface area contributed by atoms with Crippen LogP contribution in [0.5, 0.6) is 11.5 Å². The van der Waals surface area contributed by atoms with Crippen molar-refractivity contribution in [2.75, 3.05) is 0 Å². The van der Waals surface area contributed by atoms with Crippen LogP contribution in [0.3, 0.4) is 0 Å². The van der Waals surface area contributed by atoms with Gasteiger partial charge in [0.05, 0.1) is 15.0 Å². The third-order valence-corrected chi connectivity index (χ3v) is 5.13. The summed E-state index contributed by atoms with van der Waals surface area (Å²) in [4.78, 5) is 35.3. The molecule has 0 fully saturated rings. The number of halogens is 1. The van der Waals surface area contributed by atoms with Crippen molar-refractivity contribution in [3.05, 3.63) is 97.6 Å². The average Bonchev–Trinajstić information content (AvgIpc) is 2.80. The molecule has 11 heteroatoms. The van der Waals surface area contributed by atoms with E-state index >= 15 is 0 Å². The van der Waals surface area contributed by atoms with Gasteiger partial charge in [0.2, 0.25) is 0 Å². The van der Waals surface area contributed by atoms with E-state index in [1.165, 1.54) is 30.3 Å². The maximum absolute atomic E-state index is 12.7. The molecule has 3 aromatic rings. The summed E-state index contributed by atoms with van der Waals surface area (Å²) in [5, 5.41) is 21.4. The van der Waals surface area contributed by atoms with E-state index in [1.54, 1.807) is 36.4 Å². The minimum Gasteiger partial charge on any atom is -0.507 e. The van der Waals surface area contributed by atoms with Crippen LogP contribution in [-0.4, -0.2) is 27.2 Å². The first-order chi connectivity index (χ1) is 15.8. The number of ether oxygens (including phenoxy) is 2. The van der Waals surface area contributed by atoms with Crippen LogP contribution in [0, 0.1) is 13.7 Å². The Morgan fingerprint density at radius 3 is 2.36 bits per heavy atom. The highest BCUT2D eigenvalue weighted by atomic mass is 127. The zero-order valence-electron chi connectivity index (χ0n) is 17.0. The largest absolute Gasteiger partial charge is 0.507 e. The van der Waals surface area contributed by atoms with E-state index in [9.17, 15) is 24.8 Å². The summed E-state index contributed by atoms with van der Waals surface area (Å²) in [6, 6.07) is 18.6. The van der Waals surface area contributed by atoms with Crippen LogP contribution in [0.1, 0.15) is 11.1 Å². The van der Waals surface area contributed by atoms with Crippen LogP contribution in [0.4, 0.5) is 15.3 Å². The maximum atomic E-state index is 12.7. The Labute approximate surface area is 202 Å². The molecule has 0 aromatic heterocycles. The number of carbonyl (C=O) groups is 2. The SMILES string of the molecule is O=C(NN(Cc1ccc(O)c(I)c1)C(=O)Oc1ccc([N+](=O)[O-])cc1)OCc1ccccc1. The number of hydrazine groups is 1. The van der Waals surface area contributed by atoms with Crippen LogP contribution in [-0.2, 0) is 17.9 Å². The monoisotopic (exact) mass is 563 g/mol. The van der Waals surface area contributed by atoms with Crippen molar-refractivity contribution in [2.24, 2.45) is 0 Å². The van der Waals surface area contributed by atoms with Gasteiger partial charge in [-0.05, 0) is 58.0 Å². The Kier molecular flexibility index (Phi) is 8.02. The van der Waals surface area contributed by atoms with E-state index in [1.807, 2.05) is 28.7 Å². The first-order valence-corrected chi connectivity index (χ1v) is 10.6. The molecule has 0 unspecified atom stereocenters. The summed E-state index contributed by atoms with van der Waals surface area (Å²) < 4.78 is 11.0. The molecule has 3 rings (SSSR count). The Bertz CT molecular complexity index is 1140. The van der Waals surface area contributed by atoms with Gasteiger partial charge in [-0.25, -0.2) is 20.0 Å². The predicted octanol–water partition coefficient (Wildman–Crippen LogP) is 4.75. The van der Waals surface area contributed by atoms with E-state index < -0.39 is 17.1 Å². The number of hydrogen-bond acceptors (Lipinski definition) is 7. The minimum absolute atomic E-state index is 0.00494. The quantitative estimate of drug-likeness (QED) is 0.252. The van der Waals surface area contributed by atoms with Crippen molar-refractivity contribution in [1.82, 2.24) is 10.4 Å². The fourth-order valence-electron chi connectivity index (χ4n) is 2.64. The van der Waals surface area contributed by atoms with Crippen LogP contribution < -0.4 is 10.2 Å². The van der Waals surface area contributed by atoms with Crippen molar-refractivity contribution in [2.45, 2.75) is 13.2 Å². The summed E-state index contributed by atoms with van der Waals surface area (Å²) in [5.41, 5.74) is 3.55. The van der Waals surface area contributed by atoms with Crippen molar-refractivity contribution >= 4 is 40.5 Å². The molecular weight excluding hydrogens is 545 g/mol. The van der Waals surface area contributed by atoms with Crippen molar-refractivity contribution in [1.29, 1.82) is 0 Å². The van der Waals surface area contributed by atoms with Gasteiger partial charge in [-0.2, -0.15) is 0 Å². The number of rotatable bonds is 6. The van der Waals surface area contributed by atoms with E-state index in [2.05, 4.69) is 5.43 Å². The van der Waals surface area contributed by atoms with Gasteiger partial charge in [0.25, 0.3) is 5.69 Å². The third-order valence-electron chi connectivity index (χ3n) is 4.26. The molecule has 2 N–H and O–H groups in total. The highest BCUT2D eigenvalue weighted by Gasteiger charge is 2.21. The van der Waals surface area contributed by atoms with Gasteiger partial charge < -0.3 is 14.6 Å². The molecule has 0 saturated carbocycles. The zero-order chi connectivity index (χ0) is 23.8. The molecule has 0 atom stereocenters. The number of amides is 2. The molecular formula is C22H18IN3O7. The van der Waals surface area contributed by atoms with Crippen LogP contribution >= 0.6 is 22.6 Å². The zero-order valence-corrected chi connectivity index (χ0v) is 19.2. The van der Waals surface area contributed by atoms with Crippen molar-refractivity contribution < 1.29 is 29.1 Å². The van der Waals surface area contributed by atoms with Gasteiger partial charge in [0, 0.05) is 12.1 Å². The molecule has 0 aliphatic rings. The number of carbonyl (C=O) groups excluding carboxylic acids is 2. The standard InChI is InChI=1S/C22H18IN3O7/c23-19-12-16(6-11-20(19)27)13-25(24-21(28)32-14-15-4-2-1-3-5-15)22(29)33-18-9-7-17(8-10-18)26(30)31/h1-12,27H,13-14H2,(H,24,28). The Balaban J connectivity index is 1.71. The summed E-state index contributed by atoms with van der Waals surface area (Å²) in [6.07, 6.45) is -1.82. The molecule has 2 amide bonds. The lowest BCUT2D eigenvalue weighted by atomic mass is 10.2. The summed E-state index contributed by atoms with van der Waals surface area (Å²) >= 11 is 1.93. The van der Waals surface area contributed by atoms with Crippen molar-refractivity contribution in [3.8, 4) is 11.5 Å². The molecule has 10 nitrogen and oxygen atoms in total. The number of phenols is 1. The fourth-order valence-corrected chi connectivity index (χ4v) is 3.22. The molecule has 0 saturated heterocycles. The number of aromatic hydroxyl groups is 1. The molecule has 0 spiro atoms. The smallest absolute Gasteiger partial charge is 0.434 e. The van der Waals surface area contributed by atoms with E-state index in [0.717, 1.165) is 10.6 Å². The van der Waals surface area contributed by atoms with E-state index in [-0.39, 0.29) is 30.3 Å². The molecule has 0 aliphatic carbocycles. The van der Waals surface area contributed by atoms with Gasteiger partial charge in [0.1, 0.15) is 18.1 Å². The number of benzene rings is 3. The van der Waals surface area contributed by atoms with Crippen molar-refractivity contribution in [3.63, 3.8) is 0 Å². The number of nitro groups is 1. The van der Waals surface area contributed by atoms with Gasteiger partial charge in [-0.3, -0.25) is 10.1 Å². The molecule has 0 radical (unpaired) electrons. The van der Waals surface area contributed by atoms with Gasteiger partial charge in [-0.15, -0.1) is 0 Å². The van der Waals surface area contributed by atoms with Gasteiger partial charge >= 0.3 is 12.2 Å². The molecule has 0 bridgehead atoms. The average molecular weight is 563 g/mol. The Hall–Kier alpha value is -3.87. The lowest BCUT2D eigenvalue weighted by Crippen LogP contribution is -2.47. The highest BCUT2D eigenvalue weighted by Crippen LogP contribution is 2.22. The van der Waals surface area contributed by atoms with E-state index in [4.69, 9.17) is 9.47 Å². The number of nitro benzene ring substituents is 1. The molecule has 33 heavy (non-hydrogen) atoms. The number of phenolic OH excluding ortho intramolecular Hbond substituents is 1. The first kappa shape index (κ1) is 23.8. The second-order valence-electron chi connectivity index (χ2n) is 6.66. The number of non-ortho nitro benzene ring substituents is 1. The summed E-state index contributed by atoms with van der Waals surface area (Å²) in [7, 11) is 0. The van der Waals surface area contributed by atoms with Gasteiger partial charge in [-0.1, -0.05) is 36.4 Å². The van der Waals surface area contributed by atoms with Crippen LogP contribution in [0.15, 0.2) is 72.8 Å². The van der Waals surface area contributed by atoms with E-state index in [0.29, 0.717) is 9.13 Å². The van der Waals surface area contributed by atoms with Gasteiger partial charge in [0.15, 0.2) is 0 Å². The topological polar surface area (TPSA) is 131 Å². The molecule has 0 heterocycles.